The third-order valence-corrected chi connectivity index (χ3v) is 3.49. The number of hydrogen-bond acceptors (Lipinski definition) is 4. The fourth-order valence-corrected chi connectivity index (χ4v) is 2.53. The molecular weight excluding hydrogens is 302 g/mol. The average Bonchev–Trinajstić information content (AvgIpc) is 3.12. The first-order chi connectivity index (χ1) is 10.8. The predicted octanol–water partition coefficient (Wildman–Crippen LogP) is 2.70. The van der Waals surface area contributed by atoms with Gasteiger partial charge in [0.2, 0.25) is 5.28 Å². The van der Waals surface area contributed by atoms with Crippen molar-refractivity contribution in [3.05, 3.63) is 53.5 Å². The second-order valence-electron chi connectivity index (χ2n) is 4.62. The summed E-state index contributed by atoms with van der Waals surface area (Å²) in [6, 6.07) is 7.79. The van der Waals surface area contributed by atoms with Crippen molar-refractivity contribution >= 4 is 33.7 Å². The molecule has 0 bridgehead atoms. The number of nitrogens with zero attached hydrogens (tertiary/aromatic N) is 7. The summed E-state index contributed by atoms with van der Waals surface area (Å²) in [5.41, 5.74) is 1.98. The predicted molar refractivity (Wildman–Crippen MR) is 81.6 cm³/mol. The number of fused-ring (bicyclic) bond motifs is 2. The van der Waals surface area contributed by atoms with Gasteiger partial charge in [-0.25, -0.2) is 20.8 Å². The maximum Gasteiger partial charge on any atom is 0.295 e. The number of hydrogen-bond donors (Lipinski definition) is 0. The summed E-state index contributed by atoms with van der Waals surface area (Å²) in [5.74, 6) is 0.500. The van der Waals surface area contributed by atoms with Crippen molar-refractivity contribution in [2.75, 3.05) is 0 Å². The Labute approximate surface area is 129 Å². The molecule has 0 aliphatic carbocycles. The monoisotopic (exact) mass is 309 g/mol. The fourth-order valence-electron chi connectivity index (χ4n) is 2.37. The summed E-state index contributed by atoms with van der Waals surface area (Å²) < 4.78 is 3.31. The first-order valence-corrected chi connectivity index (χ1v) is 6.80. The molecule has 4 aromatic rings. The molecular formula is C14H8ClN7. The van der Waals surface area contributed by atoms with Gasteiger partial charge in [-0.15, -0.1) is 0 Å². The van der Waals surface area contributed by atoms with E-state index in [4.69, 9.17) is 18.2 Å². The van der Waals surface area contributed by atoms with E-state index in [9.17, 15) is 0 Å². The second kappa shape index (κ2) is 4.79. The van der Waals surface area contributed by atoms with Crippen LogP contribution in [-0.2, 0) is 6.67 Å². The lowest BCUT2D eigenvalue weighted by atomic mass is 10.2. The van der Waals surface area contributed by atoms with Crippen LogP contribution < -0.4 is 0 Å². The Hall–Kier alpha value is -2.98. The molecule has 0 aliphatic heterocycles. The molecule has 106 valence electrons. The standard InChI is InChI=1S/C14H8ClN7/c1-16-7-21-8-17-11-12(21)19-14(15)20-13(11)22-10-5-3-2-4-9(10)6-18-22/h2-6,8H,7H2. The fraction of sp³-hybridized carbons (Fsp3) is 0.0714. The second-order valence-corrected chi connectivity index (χ2v) is 4.96. The number of halogens is 1. The van der Waals surface area contributed by atoms with E-state index in [1.807, 2.05) is 24.3 Å². The molecule has 22 heavy (non-hydrogen) atoms. The zero-order valence-corrected chi connectivity index (χ0v) is 11.9. The van der Waals surface area contributed by atoms with E-state index < -0.39 is 0 Å². The normalized spacial score (nSPS) is 11.1. The van der Waals surface area contributed by atoms with Gasteiger partial charge in [0.15, 0.2) is 17.0 Å². The molecule has 0 spiro atoms. The topological polar surface area (TPSA) is 65.8 Å². The van der Waals surface area contributed by atoms with Crippen molar-refractivity contribution in [2.24, 2.45) is 0 Å². The zero-order valence-electron chi connectivity index (χ0n) is 11.2. The molecule has 0 N–H and O–H groups in total. The molecule has 0 atom stereocenters. The molecule has 3 heterocycles. The van der Waals surface area contributed by atoms with Crippen LogP contribution in [0.5, 0.6) is 0 Å². The van der Waals surface area contributed by atoms with Crippen molar-refractivity contribution in [1.82, 2.24) is 29.3 Å². The zero-order chi connectivity index (χ0) is 15.1. The largest absolute Gasteiger partial charge is 0.295 e. The lowest BCUT2D eigenvalue weighted by Crippen LogP contribution is -2.03. The highest BCUT2D eigenvalue weighted by molar-refractivity contribution is 6.28. The molecule has 0 saturated carbocycles. The van der Waals surface area contributed by atoms with Crippen LogP contribution in [0.25, 0.3) is 32.7 Å². The first-order valence-electron chi connectivity index (χ1n) is 6.42. The van der Waals surface area contributed by atoms with Crippen LogP contribution >= 0.6 is 11.6 Å². The van der Waals surface area contributed by atoms with E-state index in [2.05, 4.69) is 24.9 Å². The number of rotatable bonds is 2. The molecule has 7 nitrogen and oxygen atoms in total. The van der Waals surface area contributed by atoms with Crippen LogP contribution in [0.2, 0.25) is 5.28 Å². The van der Waals surface area contributed by atoms with E-state index in [1.54, 1.807) is 21.8 Å². The summed E-state index contributed by atoms with van der Waals surface area (Å²) in [7, 11) is 0. The quantitative estimate of drug-likeness (QED) is 0.422. The summed E-state index contributed by atoms with van der Waals surface area (Å²) in [5, 5.41) is 5.45. The van der Waals surface area contributed by atoms with Crippen LogP contribution in [0.15, 0.2) is 36.8 Å². The van der Waals surface area contributed by atoms with E-state index >= 15 is 0 Å². The van der Waals surface area contributed by atoms with E-state index in [-0.39, 0.29) is 12.0 Å². The van der Waals surface area contributed by atoms with Gasteiger partial charge in [-0.1, -0.05) is 18.2 Å². The van der Waals surface area contributed by atoms with Gasteiger partial charge in [-0.3, -0.25) is 4.85 Å². The van der Waals surface area contributed by atoms with Crippen LogP contribution in [0.1, 0.15) is 0 Å². The summed E-state index contributed by atoms with van der Waals surface area (Å²) in [4.78, 5) is 16.1. The van der Waals surface area contributed by atoms with Crippen LogP contribution in [-0.4, -0.2) is 29.3 Å². The molecule has 0 fully saturated rings. The number of imidazole rings is 1. The van der Waals surface area contributed by atoms with Crippen molar-refractivity contribution < 1.29 is 0 Å². The Bertz CT molecular complexity index is 1040. The van der Waals surface area contributed by atoms with Crippen LogP contribution in [0.3, 0.4) is 0 Å². The molecule has 3 aromatic heterocycles. The first kappa shape index (κ1) is 12.7. The van der Waals surface area contributed by atoms with Crippen LogP contribution in [0.4, 0.5) is 0 Å². The Morgan fingerprint density at radius 1 is 1.23 bits per heavy atom. The minimum atomic E-state index is 0.0915. The summed E-state index contributed by atoms with van der Waals surface area (Å²) in [6.07, 6.45) is 3.32. The molecule has 8 heteroatoms. The number of para-hydroxylation sites is 1. The highest BCUT2D eigenvalue weighted by atomic mass is 35.5. The van der Waals surface area contributed by atoms with E-state index in [1.165, 1.54) is 0 Å². The molecule has 0 aliphatic rings. The average molecular weight is 310 g/mol. The highest BCUT2D eigenvalue weighted by Gasteiger charge is 2.17. The lowest BCUT2D eigenvalue weighted by molar-refractivity contribution is 0.830. The van der Waals surface area contributed by atoms with E-state index in [0.29, 0.717) is 17.0 Å². The highest BCUT2D eigenvalue weighted by Crippen LogP contribution is 2.23. The Morgan fingerprint density at radius 3 is 2.95 bits per heavy atom. The van der Waals surface area contributed by atoms with Gasteiger partial charge >= 0.3 is 0 Å². The van der Waals surface area contributed by atoms with Gasteiger partial charge in [0.05, 0.1) is 11.7 Å². The van der Waals surface area contributed by atoms with Crippen molar-refractivity contribution in [3.8, 4) is 5.82 Å². The summed E-state index contributed by atoms with van der Waals surface area (Å²) in [6.45, 7) is 7.12. The molecule has 4 rings (SSSR count). The minimum Gasteiger partial charge on any atom is -0.293 e. The molecule has 1 aromatic carbocycles. The molecule has 0 amide bonds. The summed E-state index contributed by atoms with van der Waals surface area (Å²) >= 11 is 6.04. The van der Waals surface area contributed by atoms with Gasteiger partial charge in [-0.05, 0) is 17.7 Å². The number of benzene rings is 1. The van der Waals surface area contributed by atoms with Gasteiger partial charge in [0, 0.05) is 5.39 Å². The molecule has 0 unspecified atom stereocenters. The van der Waals surface area contributed by atoms with Gasteiger partial charge in [0.1, 0.15) is 6.33 Å². The maximum absolute atomic E-state index is 6.99. The van der Waals surface area contributed by atoms with Gasteiger partial charge < -0.3 is 0 Å². The minimum absolute atomic E-state index is 0.0915. The lowest BCUT2D eigenvalue weighted by Gasteiger charge is -2.04. The van der Waals surface area contributed by atoms with Crippen molar-refractivity contribution in [3.63, 3.8) is 0 Å². The number of aromatic nitrogens is 6. The Balaban J connectivity index is 2.05. The Morgan fingerprint density at radius 2 is 2.09 bits per heavy atom. The van der Waals surface area contributed by atoms with E-state index in [0.717, 1.165) is 10.9 Å². The molecule has 0 saturated heterocycles. The SMILES string of the molecule is [C-]#[N+]Cn1cnc2c(-n3ncc4ccccc43)nc(Cl)nc21. The van der Waals surface area contributed by atoms with Crippen molar-refractivity contribution in [1.29, 1.82) is 0 Å². The third kappa shape index (κ3) is 1.82. The molecule has 0 radical (unpaired) electrons. The van der Waals surface area contributed by atoms with Crippen LogP contribution in [0, 0.1) is 6.57 Å². The van der Waals surface area contributed by atoms with Gasteiger partial charge in [-0.2, -0.15) is 15.1 Å². The Kier molecular flexibility index (Phi) is 2.77. The van der Waals surface area contributed by atoms with Gasteiger partial charge in [0.25, 0.3) is 6.67 Å². The maximum atomic E-state index is 6.99. The third-order valence-electron chi connectivity index (χ3n) is 3.32. The van der Waals surface area contributed by atoms with Crippen molar-refractivity contribution in [2.45, 2.75) is 6.67 Å². The smallest absolute Gasteiger partial charge is 0.293 e.